The van der Waals surface area contributed by atoms with Crippen molar-refractivity contribution in [1.29, 1.82) is 0 Å². The van der Waals surface area contributed by atoms with Crippen molar-refractivity contribution in [3.8, 4) is 17.2 Å². The van der Waals surface area contributed by atoms with E-state index in [4.69, 9.17) is 14.2 Å². The summed E-state index contributed by atoms with van der Waals surface area (Å²) in [6.07, 6.45) is 1.51. The van der Waals surface area contributed by atoms with Crippen LogP contribution < -0.4 is 19.6 Å². The van der Waals surface area contributed by atoms with E-state index in [9.17, 15) is 4.79 Å². The van der Waals surface area contributed by atoms with Crippen molar-refractivity contribution in [2.45, 2.75) is 14.4 Å². The molecule has 0 saturated heterocycles. The van der Waals surface area contributed by atoms with Crippen molar-refractivity contribution >= 4 is 57.8 Å². The summed E-state index contributed by atoms with van der Waals surface area (Å²) in [4.78, 5) is 12.2. The quantitative estimate of drug-likeness (QED) is 0.157. The Hall–Kier alpha value is -3.28. The van der Waals surface area contributed by atoms with Crippen molar-refractivity contribution in [3.63, 3.8) is 0 Å². The monoisotopic (exact) mass is 540 g/mol. The van der Waals surface area contributed by atoms with Gasteiger partial charge in [0.15, 0.2) is 20.2 Å². The second-order valence-electron chi connectivity index (χ2n) is 7.30. The van der Waals surface area contributed by atoms with Crippen molar-refractivity contribution in [3.05, 3.63) is 65.7 Å². The highest BCUT2D eigenvalue weighted by Gasteiger charge is 2.13. The molecule has 1 aromatic heterocycles. The molecule has 1 amide bonds. The zero-order valence-electron chi connectivity index (χ0n) is 19.9. The van der Waals surface area contributed by atoms with E-state index in [0.29, 0.717) is 22.8 Å². The van der Waals surface area contributed by atoms with Gasteiger partial charge < -0.3 is 14.2 Å². The van der Waals surface area contributed by atoms with Gasteiger partial charge in [0.1, 0.15) is 0 Å². The second-order valence-corrected chi connectivity index (χ2v) is 10.7. The first-order valence-corrected chi connectivity index (χ1v) is 13.6. The van der Waals surface area contributed by atoms with Crippen LogP contribution in [0.15, 0.2) is 68.4 Å². The molecule has 1 N–H and O–H groups in total. The molecule has 0 unspecified atom stereocenters. The Balaban J connectivity index is 1.27. The van der Waals surface area contributed by atoms with E-state index in [1.807, 2.05) is 6.07 Å². The average molecular weight is 541 g/mol. The van der Waals surface area contributed by atoms with Gasteiger partial charge >= 0.3 is 0 Å². The number of aromatic nitrogens is 2. The summed E-state index contributed by atoms with van der Waals surface area (Å²) in [5.74, 6) is 2.23. The number of nitrogens with one attached hydrogen (secondary N) is 1. The number of hydrogen-bond donors (Lipinski definition) is 1. The fourth-order valence-corrected chi connectivity index (χ4v) is 6.20. The zero-order valence-corrected chi connectivity index (χ0v) is 22.3. The molecule has 3 aromatic carbocycles. The first-order chi connectivity index (χ1) is 17.6. The lowest BCUT2D eigenvalue weighted by Crippen LogP contribution is -2.19. The van der Waals surface area contributed by atoms with Crippen LogP contribution >= 0.6 is 34.9 Å². The highest BCUT2D eigenvalue weighted by Crippen LogP contribution is 2.37. The highest BCUT2D eigenvalue weighted by molar-refractivity contribution is 8.03. The lowest BCUT2D eigenvalue weighted by atomic mass is 10.1. The van der Waals surface area contributed by atoms with Crippen LogP contribution in [0.5, 0.6) is 17.2 Å². The first kappa shape index (κ1) is 25.8. The Morgan fingerprint density at radius 3 is 2.39 bits per heavy atom. The Kier molecular flexibility index (Phi) is 9.04. The standard InChI is InChI=1S/C25H24N4O4S3/c1-31-20-11-16(12-21(32-2)23(20)33-3)13-26-27-22(30)15-35-25-29-28-24(36-25)34-14-18-9-6-8-17-7-4-5-10-19(17)18/h4-13H,14-15H2,1-3H3,(H,27,30)/b26-13-. The Bertz CT molecular complexity index is 1350. The number of nitrogens with zero attached hydrogens (tertiary/aromatic N) is 3. The zero-order chi connectivity index (χ0) is 25.3. The predicted molar refractivity (Wildman–Crippen MR) is 146 cm³/mol. The maximum atomic E-state index is 12.2. The van der Waals surface area contributed by atoms with Crippen molar-refractivity contribution < 1.29 is 19.0 Å². The molecule has 0 aliphatic rings. The van der Waals surface area contributed by atoms with Crippen molar-refractivity contribution in [2.24, 2.45) is 5.10 Å². The van der Waals surface area contributed by atoms with E-state index in [0.717, 1.165) is 14.4 Å². The molecule has 0 spiro atoms. The molecule has 4 rings (SSSR count). The molecule has 0 atom stereocenters. The third-order valence-corrected chi connectivity index (χ3v) is 8.27. The fourth-order valence-electron chi connectivity index (χ4n) is 3.39. The number of hydrogen-bond acceptors (Lipinski definition) is 10. The van der Waals surface area contributed by atoms with E-state index in [1.165, 1.54) is 67.0 Å². The van der Waals surface area contributed by atoms with Gasteiger partial charge in [-0.2, -0.15) is 5.10 Å². The van der Waals surface area contributed by atoms with Gasteiger partial charge in [-0.1, -0.05) is 77.3 Å². The molecule has 0 aliphatic heterocycles. The molecule has 1 heterocycles. The summed E-state index contributed by atoms with van der Waals surface area (Å²) in [6.45, 7) is 0. The van der Waals surface area contributed by atoms with Gasteiger partial charge in [-0.25, -0.2) is 5.43 Å². The van der Waals surface area contributed by atoms with Gasteiger partial charge in [-0.15, -0.1) is 10.2 Å². The molecular formula is C25H24N4O4S3. The SMILES string of the molecule is COc1cc(/C=N\NC(=O)CSc2nnc(SCc3cccc4ccccc34)s2)cc(OC)c1OC. The third-order valence-electron chi connectivity index (χ3n) is 5.04. The number of carbonyl (C=O) groups excluding carboxylic acids is 1. The van der Waals surface area contributed by atoms with Crippen molar-refractivity contribution in [2.75, 3.05) is 27.1 Å². The molecule has 186 valence electrons. The lowest BCUT2D eigenvalue weighted by molar-refractivity contribution is -0.118. The summed E-state index contributed by atoms with van der Waals surface area (Å²) in [7, 11) is 4.62. The minimum atomic E-state index is -0.246. The molecule has 0 saturated carbocycles. The van der Waals surface area contributed by atoms with E-state index in [2.05, 4.69) is 57.1 Å². The molecule has 0 aliphatic carbocycles. The van der Waals surface area contributed by atoms with Gasteiger partial charge in [0, 0.05) is 11.3 Å². The number of fused-ring (bicyclic) bond motifs is 1. The Morgan fingerprint density at radius 1 is 0.972 bits per heavy atom. The second kappa shape index (κ2) is 12.6. The smallest absolute Gasteiger partial charge is 0.250 e. The number of hydrazone groups is 1. The molecule has 0 fully saturated rings. The number of amides is 1. The van der Waals surface area contributed by atoms with Gasteiger partial charge in [0.25, 0.3) is 5.91 Å². The van der Waals surface area contributed by atoms with Crippen LogP contribution in [-0.2, 0) is 10.5 Å². The molecule has 36 heavy (non-hydrogen) atoms. The van der Waals surface area contributed by atoms with E-state index in [-0.39, 0.29) is 11.7 Å². The molecule has 8 nitrogen and oxygen atoms in total. The topological polar surface area (TPSA) is 94.9 Å². The van der Waals surface area contributed by atoms with Crippen LogP contribution in [-0.4, -0.2) is 49.4 Å². The van der Waals surface area contributed by atoms with E-state index < -0.39 is 0 Å². The number of carbonyl (C=O) groups is 1. The number of benzene rings is 3. The minimum absolute atomic E-state index is 0.176. The van der Waals surface area contributed by atoms with Gasteiger partial charge in [-0.3, -0.25) is 4.79 Å². The largest absolute Gasteiger partial charge is 0.493 e. The summed E-state index contributed by atoms with van der Waals surface area (Å²) >= 11 is 4.45. The maximum Gasteiger partial charge on any atom is 0.250 e. The maximum absolute atomic E-state index is 12.2. The Morgan fingerprint density at radius 2 is 1.67 bits per heavy atom. The molecule has 0 radical (unpaired) electrons. The molecule has 11 heteroatoms. The van der Waals surface area contributed by atoms with E-state index in [1.54, 1.807) is 23.9 Å². The number of thioether (sulfide) groups is 2. The van der Waals surface area contributed by atoms with Crippen molar-refractivity contribution in [1.82, 2.24) is 15.6 Å². The lowest BCUT2D eigenvalue weighted by Gasteiger charge is -2.12. The summed E-state index contributed by atoms with van der Waals surface area (Å²) in [5, 5.41) is 14.9. The normalized spacial score (nSPS) is 11.1. The third kappa shape index (κ3) is 6.48. The van der Waals surface area contributed by atoms with Gasteiger partial charge in [0.2, 0.25) is 5.75 Å². The van der Waals surface area contributed by atoms with Crippen LogP contribution in [0, 0.1) is 0 Å². The number of ether oxygens (including phenoxy) is 3. The van der Waals surface area contributed by atoms with Gasteiger partial charge in [-0.05, 0) is 28.5 Å². The van der Waals surface area contributed by atoms with Gasteiger partial charge in [0.05, 0.1) is 33.3 Å². The van der Waals surface area contributed by atoms with Crippen LogP contribution in [0.3, 0.4) is 0 Å². The number of rotatable bonds is 11. The summed E-state index contributed by atoms with van der Waals surface area (Å²) < 4.78 is 17.6. The van der Waals surface area contributed by atoms with Crippen LogP contribution in [0.2, 0.25) is 0 Å². The van der Waals surface area contributed by atoms with Crippen LogP contribution in [0.4, 0.5) is 0 Å². The van der Waals surface area contributed by atoms with E-state index >= 15 is 0 Å². The molecular weight excluding hydrogens is 517 g/mol. The first-order valence-electron chi connectivity index (χ1n) is 10.8. The average Bonchev–Trinajstić information content (AvgIpc) is 3.38. The minimum Gasteiger partial charge on any atom is -0.493 e. The Labute approximate surface area is 221 Å². The predicted octanol–water partition coefficient (Wildman–Crippen LogP) is 5.25. The molecule has 0 bridgehead atoms. The van der Waals surface area contributed by atoms with Crippen LogP contribution in [0.25, 0.3) is 10.8 Å². The number of methoxy groups -OCH3 is 3. The fraction of sp³-hybridized carbons (Fsp3) is 0.200. The summed E-state index contributed by atoms with van der Waals surface area (Å²) in [5.41, 5.74) is 4.47. The molecule has 4 aromatic rings. The van der Waals surface area contributed by atoms with Crippen LogP contribution in [0.1, 0.15) is 11.1 Å². The summed E-state index contributed by atoms with van der Waals surface area (Å²) in [6, 6.07) is 18.1. The highest BCUT2D eigenvalue weighted by atomic mass is 32.2.